The Bertz CT molecular complexity index is 169. The van der Waals surface area contributed by atoms with Crippen LogP contribution in [0, 0.1) is 5.92 Å². The van der Waals surface area contributed by atoms with E-state index in [2.05, 4.69) is 12.2 Å². The molecular formula is C12H25NO2. The molecule has 0 aliphatic carbocycles. The van der Waals surface area contributed by atoms with Gasteiger partial charge in [0.15, 0.2) is 0 Å². The minimum absolute atomic E-state index is 0.0921. The van der Waals surface area contributed by atoms with Crippen molar-refractivity contribution in [2.24, 2.45) is 5.92 Å². The highest BCUT2D eigenvalue weighted by Gasteiger charge is 2.15. The fourth-order valence-corrected chi connectivity index (χ4v) is 1.55. The van der Waals surface area contributed by atoms with Gasteiger partial charge in [0, 0.05) is 12.5 Å². The molecule has 2 atom stereocenters. The minimum atomic E-state index is -0.456. The van der Waals surface area contributed by atoms with Gasteiger partial charge >= 0.3 is 0 Å². The molecule has 3 nitrogen and oxygen atoms in total. The molecule has 0 spiro atoms. The first-order valence-corrected chi connectivity index (χ1v) is 6.07. The number of rotatable bonds is 8. The fourth-order valence-electron chi connectivity index (χ4n) is 1.55. The maximum atomic E-state index is 11.7. The zero-order chi connectivity index (χ0) is 11.7. The lowest BCUT2D eigenvalue weighted by atomic mass is 9.98. The second-order valence-electron chi connectivity index (χ2n) is 4.20. The van der Waals surface area contributed by atoms with Crippen LogP contribution < -0.4 is 5.32 Å². The van der Waals surface area contributed by atoms with Crippen LogP contribution in [0.5, 0.6) is 0 Å². The molecule has 1 amide bonds. The van der Waals surface area contributed by atoms with Crippen LogP contribution in [0.1, 0.15) is 52.9 Å². The van der Waals surface area contributed by atoms with E-state index in [0.29, 0.717) is 6.54 Å². The molecule has 0 aliphatic rings. The summed E-state index contributed by atoms with van der Waals surface area (Å²) >= 11 is 0. The largest absolute Gasteiger partial charge is 0.392 e. The number of carbonyl (C=O) groups excluding carboxylic acids is 1. The van der Waals surface area contributed by atoms with E-state index in [0.717, 1.165) is 19.3 Å². The molecule has 90 valence electrons. The Hall–Kier alpha value is -0.570. The van der Waals surface area contributed by atoms with Gasteiger partial charge in [0.05, 0.1) is 6.10 Å². The maximum Gasteiger partial charge on any atom is 0.223 e. The van der Waals surface area contributed by atoms with E-state index in [9.17, 15) is 4.79 Å². The summed E-state index contributed by atoms with van der Waals surface area (Å²) in [5, 5.41) is 11.8. The zero-order valence-corrected chi connectivity index (χ0v) is 10.3. The monoisotopic (exact) mass is 215 g/mol. The van der Waals surface area contributed by atoms with Crippen molar-refractivity contribution in [3.63, 3.8) is 0 Å². The van der Waals surface area contributed by atoms with Crippen molar-refractivity contribution in [3.8, 4) is 0 Å². The maximum absolute atomic E-state index is 11.7. The van der Waals surface area contributed by atoms with Crippen LogP contribution in [0.4, 0.5) is 0 Å². The topological polar surface area (TPSA) is 49.3 Å². The molecule has 0 aromatic rings. The van der Waals surface area contributed by atoms with E-state index in [4.69, 9.17) is 5.11 Å². The van der Waals surface area contributed by atoms with Crippen molar-refractivity contribution < 1.29 is 9.90 Å². The Labute approximate surface area is 93.3 Å². The molecule has 2 unspecified atom stereocenters. The quantitative estimate of drug-likeness (QED) is 0.609. The third-order valence-corrected chi connectivity index (χ3v) is 2.59. The van der Waals surface area contributed by atoms with Crippen LogP contribution in [0.3, 0.4) is 0 Å². The average Bonchev–Trinajstić information content (AvgIpc) is 2.21. The number of amides is 1. The molecule has 0 aromatic heterocycles. The van der Waals surface area contributed by atoms with Crippen molar-refractivity contribution >= 4 is 5.91 Å². The molecule has 2 N–H and O–H groups in total. The van der Waals surface area contributed by atoms with Crippen LogP contribution in [-0.4, -0.2) is 23.7 Å². The van der Waals surface area contributed by atoms with Crippen molar-refractivity contribution in [1.29, 1.82) is 0 Å². The van der Waals surface area contributed by atoms with Crippen molar-refractivity contribution in [1.82, 2.24) is 5.32 Å². The van der Waals surface area contributed by atoms with E-state index in [1.165, 1.54) is 12.8 Å². The summed E-state index contributed by atoms with van der Waals surface area (Å²) in [4.78, 5) is 11.7. The standard InChI is InChI=1S/C12H25NO2/c1-4-6-7-8-11(5-2)12(15)13-9-10(3)14/h10-11,14H,4-9H2,1-3H3,(H,13,15). The van der Waals surface area contributed by atoms with Crippen LogP contribution in [-0.2, 0) is 4.79 Å². The van der Waals surface area contributed by atoms with Gasteiger partial charge in [-0.2, -0.15) is 0 Å². The lowest BCUT2D eigenvalue weighted by Crippen LogP contribution is -2.35. The molecular weight excluding hydrogens is 190 g/mol. The first-order chi connectivity index (χ1) is 7.11. The van der Waals surface area contributed by atoms with Crippen LogP contribution in [0.15, 0.2) is 0 Å². The van der Waals surface area contributed by atoms with Crippen LogP contribution in [0.25, 0.3) is 0 Å². The average molecular weight is 215 g/mol. The van der Waals surface area contributed by atoms with Crippen molar-refractivity contribution in [2.75, 3.05) is 6.54 Å². The van der Waals surface area contributed by atoms with Gasteiger partial charge in [-0.25, -0.2) is 0 Å². The van der Waals surface area contributed by atoms with Gasteiger partial charge < -0.3 is 10.4 Å². The fraction of sp³-hybridized carbons (Fsp3) is 0.917. The summed E-state index contributed by atoms with van der Waals surface area (Å²) in [6.07, 6.45) is 4.90. The molecule has 0 bridgehead atoms. The van der Waals surface area contributed by atoms with Crippen LogP contribution >= 0.6 is 0 Å². The Morgan fingerprint density at radius 1 is 1.33 bits per heavy atom. The van der Waals surface area contributed by atoms with E-state index in [-0.39, 0.29) is 11.8 Å². The number of carbonyl (C=O) groups is 1. The summed E-state index contributed by atoms with van der Waals surface area (Å²) < 4.78 is 0. The highest BCUT2D eigenvalue weighted by atomic mass is 16.3. The summed E-state index contributed by atoms with van der Waals surface area (Å²) in [5.74, 6) is 0.213. The lowest BCUT2D eigenvalue weighted by Gasteiger charge is -2.15. The minimum Gasteiger partial charge on any atom is -0.392 e. The zero-order valence-electron chi connectivity index (χ0n) is 10.3. The van der Waals surface area contributed by atoms with Gasteiger partial charge in [-0.3, -0.25) is 4.79 Å². The van der Waals surface area contributed by atoms with Crippen molar-refractivity contribution in [2.45, 2.75) is 59.0 Å². The predicted molar refractivity (Wildman–Crippen MR) is 62.6 cm³/mol. The van der Waals surface area contributed by atoms with Gasteiger partial charge in [0.25, 0.3) is 0 Å². The van der Waals surface area contributed by atoms with Gasteiger partial charge in [0.1, 0.15) is 0 Å². The summed E-state index contributed by atoms with van der Waals surface area (Å²) in [5.41, 5.74) is 0. The Morgan fingerprint density at radius 2 is 2.00 bits per heavy atom. The molecule has 0 rings (SSSR count). The van der Waals surface area contributed by atoms with Gasteiger partial charge in [-0.15, -0.1) is 0 Å². The summed E-state index contributed by atoms with van der Waals surface area (Å²) in [7, 11) is 0. The number of aliphatic hydroxyl groups is 1. The Kier molecular flexibility index (Phi) is 8.38. The Morgan fingerprint density at radius 3 is 2.47 bits per heavy atom. The van der Waals surface area contributed by atoms with E-state index < -0.39 is 6.10 Å². The molecule has 0 radical (unpaired) electrons. The number of unbranched alkanes of at least 4 members (excludes halogenated alkanes) is 2. The molecule has 0 saturated carbocycles. The van der Waals surface area contributed by atoms with E-state index in [1.807, 2.05) is 6.92 Å². The molecule has 0 fully saturated rings. The third-order valence-electron chi connectivity index (χ3n) is 2.59. The van der Waals surface area contributed by atoms with Crippen molar-refractivity contribution in [3.05, 3.63) is 0 Å². The predicted octanol–water partition coefficient (Wildman–Crippen LogP) is 2.09. The summed E-state index contributed by atoms with van der Waals surface area (Å²) in [6.45, 7) is 6.24. The number of hydrogen-bond acceptors (Lipinski definition) is 2. The van der Waals surface area contributed by atoms with Gasteiger partial charge in [0.2, 0.25) is 5.91 Å². The van der Waals surface area contributed by atoms with Gasteiger partial charge in [-0.05, 0) is 19.8 Å². The molecule has 0 saturated heterocycles. The van der Waals surface area contributed by atoms with Gasteiger partial charge in [-0.1, -0.05) is 33.1 Å². The number of aliphatic hydroxyl groups excluding tert-OH is 1. The first-order valence-electron chi connectivity index (χ1n) is 6.07. The second-order valence-corrected chi connectivity index (χ2v) is 4.20. The van der Waals surface area contributed by atoms with E-state index >= 15 is 0 Å². The third kappa shape index (κ3) is 7.37. The SMILES string of the molecule is CCCCCC(CC)C(=O)NCC(C)O. The number of hydrogen-bond donors (Lipinski definition) is 2. The highest BCUT2D eigenvalue weighted by molar-refractivity contribution is 5.78. The second kappa shape index (κ2) is 8.72. The highest BCUT2D eigenvalue weighted by Crippen LogP contribution is 2.13. The first kappa shape index (κ1) is 14.4. The lowest BCUT2D eigenvalue weighted by molar-refractivity contribution is -0.125. The molecule has 0 aromatic carbocycles. The van der Waals surface area contributed by atoms with E-state index in [1.54, 1.807) is 6.92 Å². The number of nitrogens with one attached hydrogen (secondary N) is 1. The Balaban J connectivity index is 3.77. The molecule has 0 aliphatic heterocycles. The molecule has 3 heteroatoms. The molecule has 0 heterocycles. The molecule has 15 heavy (non-hydrogen) atoms. The normalized spacial score (nSPS) is 14.7. The summed E-state index contributed by atoms with van der Waals surface area (Å²) in [6, 6.07) is 0. The smallest absolute Gasteiger partial charge is 0.223 e. The van der Waals surface area contributed by atoms with Crippen LogP contribution in [0.2, 0.25) is 0 Å².